The molecule has 1 saturated heterocycles. The van der Waals surface area contributed by atoms with Crippen molar-refractivity contribution in [2.45, 2.75) is 38.0 Å². The second-order valence-corrected chi connectivity index (χ2v) is 9.28. The van der Waals surface area contributed by atoms with Gasteiger partial charge in [-0.3, -0.25) is 4.79 Å². The van der Waals surface area contributed by atoms with E-state index in [9.17, 15) is 4.79 Å². The molecule has 1 aromatic carbocycles. The first-order valence-corrected chi connectivity index (χ1v) is 11.1. The molecule has 0 atom stereocenters. The number of piperidine rings is 1. The molecule has 4 rings (SSSR count). The summed E-state index contributed by atoms with van der Waals surface area (Å²) >= 11 is 9.60. The van der Waals surface area contributed by atoms with Crippen LogP contribution < -0.4 is 0 Å². The number of hydrogen-bond acceptors (Lipinski definition) is 4. The van der Waals surface area contributed by atoms with E-state index < -0.39 is 0 Å². The molecular weight excluding hydrogens is 384 g/mol. The average molecular weight is 405 g/mol. The second-order valence-electron chi connectivity index (χ2n) is 6.75. The van der Waals surface area contributed by atoms with E-state index in [0.29, 0.717) is 18.2 Å². The van der Waals surface area contributed by atoms with Crippen LogP contribution in [-0.2, 0) is 11.2 Å². The number of hydrogen-bond donors (Lipinski definition) is 0. The highest BCUT2D eigenvalue weighted by Gasteiger charge is 2.25. The molecule has 0 saturated carbocycles. The molecule has 26 heavy (non-hydrogen) atoms. The maximum atomic E-state index is 12.4. The Hall–Kier alpha value is -1.43. The molecule has 0 unspecified atom stereocenters. The minimum Gasteiger partial charge on any atom is -0.343 e. The quantitative estimate of drug-likeness (QED) is 0.543. The van der Waals surface area contributed by atoms with Crippen LogP contribution in [0.5, 0.6) is 0 Å². The number of likely N-dealkylation sites (tertiary alicyclic amines) is 1. The van der Waals surface area contributed by atoms with Crippen molar-refractivity contribution in [2.75, 3.05) is 13.1 Å². The van der Waals surface area contributed by atoms with Gasteiger partial charge in [-0.25, -0.2) is 4.98 Å². The summed E-state index contributed by atoms with van der Waals surface area (Å²) in [7, 11) is 0. The van der Waals surface area contributed by atoms with Crippen molar-refractivity contribution >= 4 is 50.4 Å². The number of carbonyl (C=O) groups is 1. The molecule has 0 bridgehead atoms. The molecule has 1 aliphatic heterocycles. The lowest BCUT2D eigenvalue weighted by Gasteiger charge is -2.31. The van der Waals surface area contributed by atoms with E-state index in [2.05, 4.69) is 17.5 Å². The van der Waals surface area contributed by atoms with Gasteiger partial charge < -0.3 is 4.90 Å². The molecule has 2 aromatic heterocycles. The van der Waals surface area contributed by atoms with Crippen molar-refractivity contribution in [3.63, 3.8) is 0 Å². The van der Waals surface area contributed by atoms with Crippen LogP contribution in [0, 0.1) is 0 Å². The van der Waals surface area contributed by atoms with Gasteiger partial charge in [0.1, 0.15) is 0 Å². The van der Waals surface area contributed by atoms with Gasteiger partial charge in [0.25, 0.3) is 0 Å². The third kappa shape index (κ3) is 4.11. The lowest BCUT2D eigenvalue weighted by atomic mass is 9.97. The van der Waals surface area contributed by atoms with Crippen LogP contribution in [0.3, 0.4) is 0 Å². The number of amides is 1. The van der Waals surface area contributed by atoms with Crippen LogP contribution >= 0.6 is 34.3 Å². The maximum absolute atomic E-state index is 12.4. The molecule has 3 aromatic rings. The number of halogens is 1. The fourth-order valence-corrected chi connectivity index (χ4v) is 5.53. The largest absolute Gasteiger partial charge is 0.343 e. The van der Waals surface area contributed by atoms with E-state index in [4.69, 9.17) is 16.6 Å². The van der Waals surface area contributed by atoms with Gasteiger partial charge in [0.15, 0.2) is 0 Å². The highest BCUT2D eigenvalue weighted by atomic mass is 35.5. The Morgan fingerprint density at radius 1 is 1.27 bits per heavy atom. The van der Waals surface area contributed by atoms with E-state index in [0.717, 1.165) is 49.3 Å². The van der Waals surface area contributed by atoms with Gasteiger partial charge in [0.05, 0.1) is 15.2 Å². The van der Waals surface area contributed by atoms with Crippen LogP contribution in [0.25, 0.3) is 10.2 Å². The molecule has 0 spiro atoms. The first-order valence-electron chi connectivity index (χ1n) is 9.05. The zero-order valence-electron chi connectivity index (χ0n) is 14.5. The minimum absolute atomic E-state index is 0.302. The van der Waals surface area contributed by atoms with Gasteiger partial charge in [-0.1, -0.05) is 17.7 Å². The van der Waals surface area contributed by atoms with Gasteiger partial charge in [-0.2, -0.15) is 0 Å². The number of nitrogens with zero attached hydrogens (tertiary/aromatic N) is 2. The third-order valence-electron chi connectivity index (χ3n) is 4.96. The molecule has 6 heteroatoms. The molecule has 136 valence electrons. The van der Waals surface area contributed by atoms with Gasteiger partial charge in [0, 0.05) is 35.3 Å². The first-order chi connectivity index (χ1) is 12.7. The summed E-state index contributed by atoms with van der Waals surface area (Å²) in [5, 5.41) is 4.02. The second kappa shape index (κ2) is 8.07. The first kappa shape index (κ1) is 18.0. The van der Waals surface area contributed by atoms with Gasteiger partial charge in [-0.15, -0.1) is 22.7 Å². The molecular formula is C20H21ClN2OS2. The number of fused-ring (bicyclic) bond motifs is 1. The van der Waals surface area contributed by atoms with Crippen molar-refractivity contribution in [3.8, 4) is 0 Å². The Kier molecular flexibility index (Phi) is 5.57. The van der Waals surface area contributed by atoms with E-state index >= 15 is 0 Å². The van der Waals surface area contributed by atoms with E-state index in [-0.39, 0.29) is 0 Å². The Morgan fingerprint density at radius 3 is 2.88 bits per heavy atom. The smallest absolute Gasteiger partial charge is 0.222 e. The van der Waals surface area contributed by atoms with Crippen LogP contribution in [0.4, 0.5) is 0 Å². The van der Waals surface area contributed by atoms with Crippen LogP contribution in [-0.4, -0.2) is 28.9 Å². The van der Waals surface area contributed by atoms with E-state index in [1.54, 1.807) is 22.7 Å². The summed E-state index contributed by atoms with van der Waals surface area (Å²) in [4.78, 5) is 20.6. The maximum Gasteiger partial charge on any atom is 0.222 e. The van der Waals surface area contributed by atoms with Crippen LogP contribution in [0.1, 0.15) is 41.5 Å². The van der Waals surface area contributed by atoms with Crippen molar-refractivity contribution in [2.24, 2.45) is 0 Å². The summed E-state index contributed by atoms with van der Waals surface area (Å²) in [6, 6.07) is 10.1. The van der Waals surface area contributed by atoms with Gasteiger partial charge >= 0.3 is 0 Å². The molecule has 1 fully saturated rings. The lowest BCUT2D eigenvalue weighted by Crippen LogP contribution is -2.37. The van der Waals surface area contributed by atoms with Crippen molar-refractivity contribution < 1.29 is 4.79 Å². The SMILES string of the molecule is O=C(CCCc1cccs1)N1CCC(c2nc3cc(Cl)ccc3s2)CC1. The summed E-state index contributed by atoms with van der Waals surface area (Å²) in [6.07, 6.45) is 4.61. The fourth-order valence-electron chi connectivity index (χ4n) is 3.50. The van der Waals surface area contributed by atoms with Gasteiger partial charge in [-0.05, 0) is 55.3 Å². The Labute approximate surface area is 166 Å². The fraction of sp³-hybridized carbons (Fsp3) is 0.400. The number of benzene rings is 1. The van der Waals surface area contributed by atoms with E-state index in [1.807, 2.05) is 23.1 Å². The van der Waals surface area contributed by atoms with Crippen molar-refractivity contribution in [3.05, 3.63) is 50.6 Å². The molecule has 0 N–H and O–H groups in total. The molecule has 3 nitrogen and oxygen atoms in total. The zero-order chi connectivity index (χ0) is 17.9. The van der Waals surface area contributed by atoms with Gasteiger partial charge in [0.2, 0.25) is 5.91 Å². The summed E-state index contributed by atoms with van der Waals surface area (Å²) in [6.45, 7) is 1.69. The monoisotopic (exact) mass is 404 g/mol. The summed E-state index contributed by atoms with van der Waals surface area (Å²) in [5.41, 5.74) is 0.990. The third-order valence-corrected chi connectivity index (χ3v) is 7.33. The number of carbonyl (C=O) groups excluding carboxylic acids is 1. The van der Waals surface area contributed by atoms with Crippen LogP contribution in [0.15, 0.2) is 35.7 Å². The number of thiazole rings is 1. The number of rotatable bonds is 5. The number of thiophene rings is 1. The summed E-state index contributed by atoms with van der Waals surface area (Å²) < 4.78 is 1.19. The molecule has 0 radical (unpaired) electrons. The molecule has 1 aliphatic rings. The number of aryl methyl sites for hydroxylation is 1. The molecule has 3 heterocycles. The predicted molar refractivity (Wildman–Crippen MR) is 110 cm³/mol. The highest BCUT2D eigenvalue weighted by molar-refractivity contribution is 7.18. The summed E-state index contributed by atoms with van der Waals surface area (Å²) in [5.74, 6) is 0.762. The minimum atomic E-state index is 0.302. The topological polar surface area (TPSA) is 33.2 Å². The lowest BCUT2D eigenvalue weighted by molar-refractivity contribution is -0.132. The van der Waals surface area contributed by atoms with Crippen molar-refractivity contribution in [1.82, 2.24) is 9.88 Å². The standard InChI is InChI=1S/C20H21ClN2OS2/c21-15-6-7-18-17(13-15)22-20(26-18)14-8-10-23(11-9-14)19(24)5-1-3-16-4-2-12-25-16/h2,4,6-7,12-14H,1,3,5,8-11H2. The predicted octanol–water partition coefficient (Wildman–Crippen LogP) is 5.74. The highest BCUT2D eigenvalue weighted by Crippen LogP contribution is 2.34. The van der Waals surface area contributed by atoms with E-state index in [1.165, 1.54) is 14.6 Å². The Bertz CT molecular complexity index is 882. The Balaban J connectivity index is 1.29. The molecule has 1 amide bonds. The number of aromatic nitrogens is 1. The average Bonchev–Trinajstić information content (AvgIpc) is 3.31. The van der Waals surface area contributed by atoms with Crippen molar-refractivity contribution in [1.29, 1.82) is 0 Å². The Morgan fingerprint density at radius 2 is 2.12 bits per heavy atom. The normalized spacial score (nSPS) is 15.7. The van der Waals surface area contributed by atoms with Crippen LogP contribution in [0.2, 0.25) is 5.02 Å². The zero-order valence-corrected chi connectivity index (χ0v) is 16.9. The molecule has 0 aliphatic carbocycles.